The van der Waals surface area contributed by atoms with Gasteiger partial charge in [0.2, 0.25) is 5.91 Å². The van der Waals surface area contributed by atoms with Crippen LogP contribution in [0.5, 0.6) is 0 Å². The van der Waals surface area contributed by atoms with E-state index in [0.29, 0.717) is 22.5 Å². The molecule has 0 fully saturated rings. The van der Waals surface area contributed by atoms with Crippen molar-refractivity contribution < 1.29 is 13.6 Å². The molecule has 0 radical (unpaired) electrons. The Labute approximate surface area is 175 Å². The zero-order valence-electron chi connectivity index (χ0n) is 17.1. The fraction of sp³-hybridized carbons (Fsp3) is 0.286. The summed E-state index contributed by atoms with van der Waals surface area (Å²) in [6.45, 7) is 4.15. The molecule has 0 saturated carbocycles. The molecular weight excluding hydrogens is 406 g/mol. The van der Waals surface area contributed by atoms with Crippen molar-refractivity contribution in [3.63, 3.8) is 0 Å². The Bertz CT molecular complexity index is 1350. The molecular formula is C21H20F2N6O2. The number of nitrogens with one attached hydrogen (secondary N) is 1. The summed E-state index contributed by atoms with van der Waals surface area (Å²) in [5, 5.41) is 11.7. The molecule has 160 valence electrons. The summed E-state index contributed by atoms with van der Waals surface area (Å²) >= 11 is 0. The summed E-state index contributed by atoms with van der Waals surface area (Å²) in [6, 6.07) is 7.18. The Morgan fingerprint density at radius 3 is 2.65 bits per heavy atom. The number of amides is 1. The van der Waals surface area contributed by atoms with Crippen LogP contribution in [0.2, 0.25) is 0 Å². The van der Waals surface area contributed by atoms with Gasteiger partial charge in [-0.3, -0.25) is 9.59 Å². The summed E-state index contributed by atoms with van der Waals surface area (Å²) in [5.74, 6) is -3.39. The van der Waals surface area contributed by atoms with Gasteiger partial charge in [-0.15, -0.1) is 5.10 Å². The molecule has 0 aliphatic rings. The predicted molar refractivity (Wildman–Crippen MR) is 111 cm³/mol. The van der Waals surface area contributed by atoms with Gasteiger partial charge in [-0.05, 0) is 30.2 Å². The topological polar surface area (TPSA) is 94.2 Å². The molecule has 31 heavy (non-hydrogen) atoms. The first-order chi connectivity index (χ1) is 14.6. The van der Waals surface area contributed by atoms with E-state index in [0.717, 1.165) is 11.6 Å². The number of hydrogen-bond acceptors (Lipinski definition) is 5. The van der Waals surface area contributed by atoms with Gasteiger partial charge in [-0.25, -0.2) is 23.0 Å². The van der Waals surface area contributed by atoms with E-state index in [1.807, 2.05) is 13.8 Å². The van der Waals surface area contributed by atoms with Crippen molar-refractivity contribution in [3.8, 4) is 0 Å². The molecule has 3 heterocycles. The number of nitrogens with zero attached hydrogens (tertiary/aromatic N) is 5. The minimum atomic E-state index is -3.04. The normalized spacial score (nSPS) is 12.1. The third-order valence-corrected chi connectivity index (χ3v) is 4.86. The van der Waals surface area contributed by atoms with Crippen LogP contribution in [0.25, 0.3) is 16.4 Å². The minimum absolute atomic E-state index is 0.150. The van der Waals surface area contributed by atoms with Crippen molar-refractivity contribution in [1.29, 1.82) is 0 Å². The molecule has 0 unspecified atom stereocenters. The lowest BCUT2D eigenvalue weighted by Crippen LogP contribution is -2.31. The monoisotopic (exact) mass is 426 g/mol. The van der Waals surface area contributed by atoms with Crippen LogP contribution >= 0.6 is 0 Å². The number of imidazole rings is 1. The molecule has 3 aromatic heterocycles. The number of alkyl halides is 2. The molecule has 4 rings (SSSR count). The van der Waals surface area contributed by atoms with Crippen LogP contribution in [0.15, 0.2) is 47.5 Å². The second kappa shape index (κ2) is 7.53. The molecule has 0 saturated heterocycles. The largest absolute Gasteiger partial charge is 0.308 e. The van der Waals surface area contributed by atoms with Crippen molar-refractivity contribution in [3.05, 3.63) is 64.3 Å². The number of rotatable bonds is 5. The van der Waals surface area contributed by atoms with Crippen LogP contribution in [0.3, 0.4) is 0 Å². The molecule has 1 N–H and O–H groups in total. The summed E-state index contributed by atoms with van der Waals surface area (Å²) in [4.78, 5) is 29.5. The lowest BCUT2D eigenvalue weighted by Gasteiger charge is -2.16. The van der Waals surface area contributed by atoms with Crippen LogP contribution in [0.4, 0.5) is 14.6 Å². The first-order valence-corrected chi connectivity index (χ1v) is 9.67. The number of aromatic nitrogens is 5. The van der Waals surface area contributed by atoms with Crippen LogP contribution < -0.4 is 10.9 Å². The summed E-state index contributed by atoms with van der Waals surface area (Å²) < 4.78 is 30.1. The van der Waals surface area contributed by atoms with Crippen LogP contribution in [0.1, 0.15) is 37.9 Å². The zero-order chi connectivity index (χ0) is 22.3. The molecule has 0 atom stereocenters. The number of benzene rings is 1. The first-order valence-electron chi connectivity index (χ1n) is 9.67. The molecule has 1 amide bonds. The van der Waals surface area contributed by atoms with E-state index < -0.39 is 17.4 Å². The maximum absolute atomic E-state index is 13.8. The third-order valence-electron chi connectivity index (χ3n) is 4.86. The van der Waals surface area contributed by atoms with Crippen molar-refractivity contribution >= 4 is 28.1 Å². The summed E-state index contributed by atoms with van der Waals surface area (Å²) in [5.41, 5.74) is 0.369. The highest BCUT2D eigenvalue weighted by Gasteiger charge is 2.26. The van der Waals surface area contributed by atoms with Gasteiger partial charge in [-0.2, -0.15) is 5.10 Å². The summed E-state index contributed by atoms with van der Waals surface area (Å²) in [6.07, 6.45) is 3.23. The maximum atomic E-state index is 13.8. The van der Waals surface area contributed by atoms with Gasteiger partial charge in [0.05, 0.1) is 11.1 Å². The first kappa shape index (κ1) is 20.6. The van der Waals surface area contributed by atoms with Crippen molar-refractivity contribution in [2.75, 3.05) is 5.32 Å². The number of fused-ring (bicyclic) bond motifs is 2. The van der Waals surface area contributed by atoms with E-state index in [2.05, 4.69) is 20.5 Å². The Morgan fingerprint density at radius 1 is 1.16 bits per heavy atom. The van der Waals surface area contributed by atoms with E-state index in [1.165, 1.54) is 22.7 Å². The highest BCUT2D eigenvalue weighted by Crippen LogP contribution is 2.31. The molecule has 1 aromatic carbocycles. The fourth-order valence-electron chi connectivity index (χ4n) is 3.32. The molecule has 4 aromatic rings. The van der Waals surface area contributed by atoms with Crippen LogP contribution in [0, 0.1) is 0 Å². The highest BCUT2D eigenvalue weighted by molar-refractivity contribution is 5.90. The lowest BCUT2D eigenvalue weighted by molar-refractivity contribution is -0.117. The van der Waals surface area contributed by atoms with Gasteiger partial charge in [0.1, 0.15) is 6.54 Å². The van der Waals surface area contributed by atoms with Gasteiger partial charge < -0.3 is 5.32 Å². The standard InChI is InChI=1S/C21H20F2N6O2/c1-12(2)19-15-10-13(21(3,22)23)4-5-14(15)20(31)29(27-19)11-18(30)25-16-6-7-17-24-8-9-28(17)26-16/h4-10,12H,11H2,1-3H3,(H,25,26,30). The predicted octanol–water partition coefficient (Wildman–Crippen LogP) is 3.31. The molecule has 8 nitrogen and oxygen atoms in total. The average Bonchev–Trinajstić information content (AvgIpc) is 3.16. The van der Waals surface area contributed by atoms with Gasteiger partial charge in [0.25, 0.3) is 11.5 Å². The Hall–Kier alpha value is -3.69. The van der Waals surface area contributed by atoms with Gasteiger partial charge >= 0.3 is 0 Å². The van der Waals surface area contributed by atoms with E-state index in [1.54, 1.807) is 24.5 Å². The van der Waals surface area contributed by atoms with Crippen LogP contribution in [-0.4, -0.2) is 30.3 Å². The number of anilines is 1. The number of carbonyl (C=O) groups is 1. The highest BCUT2D eigenvalue weighted by atomic mass is 19.3. The Balaban J connectivity index is 1.68. The van der Waals surface area contributed by atoms with Gasteiger partial charge in [-0.1, -0.05) is 19.9 Å². The molecule has 0 spiro atoms. The van der Waals surface area contributed by atoms with Gasteiger partial charge in [0, 0.05) is 30.3 Å². The van der Waals surface area contributed by atoms with Gasteiger partial charge in [0.15, 0.2) is 11.5 Å². The number of carbonyl (C=O) groups excluding carboxylic acids is 1. The van der Waals surface area contributed by atoms with E-state index in [-0.39, 0.29) is 23.4 Å². The van der Waals surface area contributed by atoms with Crippen molar-refractivity contribution in [2.45, 2.75) is 39.2 Å². The quantitative estimate of drug-likeness (QED) is 0.528. The van der Waals surface area contributed by atoms with E-state index >= 15 is 0 Å². The van der Waals surface area contributed by atoms with Crippen molar-refractivity contribution in [1.82, 2.24) is 24.4 Å². The third kappa shape index (κ3) is 4.00. The average molecular weight is 426 g/mol. The second-order valence-electron chi connectivity index (χ2n) is 7.65. The maximum Gasteiger partial charge on any atom is 0.275 e. The number of halogens is 2. The Kier molecular flexibility index (Phi) is 5.00. The van der Waals surface area contributed by atoms with Crippen molar-refractivity contribution in [2.24, 2.45) is 0 Å². The molecule has 0 aliphatic heterocycles. The second-order valence-corrected chi connectivity index (χ2v) is 7.65. The Morgan fingerprint density at radius 2 is 1.94 bits per heavy atom. The summed E-state index contributed by atoms with van der Waals surface area (Å²) in [7, 11) is 0. The van der Waals surface area contributed by atoms with E-state index in [4.69, 9.17) is 0 Å². The molecule has 0 aliphatic carbocycles. The molecule has 10 heteroatoms. The SMILES string of the molecule is CC(C)c1nn(CC(=O)Nc2ccc3nccn3n2)c(=O)c2ccc(C(C)(F)F)cc12. The lowest BCUT2D eigenvalue weighted by atomic mass is 9.99. The smallest absolute Gasteiger partial charge is 0.275 e. The van der Waals surface area contributed by atoms with Crippen LogP contribution in [-0.2, 0) is 17.3 Å². The molecule has 0 bridgehead atoms. The van der Waals surface area contributed by atoms with E-state index in [9.17, 15) is 18.4 Å². The number of hydrogen-bond donors (Lipinski definition) is 1. The minimum Gasteiger partial charge on any atom is -0.308 e. The fourth-order valence-corrected chi connectivity index (χ4v) is 3.32. The zero-order valence-corrected chi connectivity index (χ0v) is 17.1.